The van der Waals surface area contributed by atoms with Crippen molar-refractivity contribution in [2.24, 2.45) is 4.99 Å². The average Bonchev–Trinajstić information content (AvgIpc) is 2.92. The molecule has 0 saturated heterocycles. The molecule has 0 saturated carbocycles. The highest BCUT2D eigenvalue weighted by molar-refractivity contribution is 7.99. The molecule has 1 aliphatic heterocycles. The summed E-state index contributed by atoms with van der Waals surface area (Å²) in [5.41, 5.74) is 4.22. The van der Waals surface area contributed by atoms with E-state index in [9.17, 15) is 18.0 Å². The summed E-state index contributed by atoms with van der Waals surface area (Å²) in [6.07, 6.45) is -5.31. The van der Waals surface area contributed by atoms with E-state index in [-0.39, 0.29) is 13.0 Å². The predicted octanol–water partition coefficient (Wildman–Crippen LogP) is 6.10. The lowest BCUT2D eigenvalue weighted by molar-refractivity contribution is -0.135. The zero-order valence-corrected chi connectivity index (χ0v) is 18.1. The zero-order chi connectivity index (χ0) is 22.7. The van der Waals surface area contributed by atoms with Crippen LogP contribution in [0.2, 0.25) is 0 Å². The Hall–Kier alpha value is -3.13. The largest absolute Gasteiger partial charge is 0.389 e. The van der Waals surface area contributed by atoms with Gasteiger partial charge in [-0.2, -0.15) is 13.2 Å². The van der Waals surface area contributed by atoms with Gasteiger partial charge < -0.3 is 5.32 Å². The molecule has 1 N–H and O–H groups in total. The summed E-state index contributed by atoms with van der Waals surface area (Å²) in [7, 11) is 0. The maximum absolute atomic E-state index is 12.5. The highest BCUT2D eigenvalue weighted by atomic mass is 32.2. The number of aliphatic imine (C=N–C) groups is 1. The number of amides is 1. The first kappa shape index (κ1) is 22.1. The third-order valence-electron chi connectivity index (χ3n) is 4.87. The molecule has 0 fully saturated rings. The summed E-state index contributed by atoms with van der Waals surface area (Å²) >= 11 is 1.55. The molecule has 0 atom stereocenters. The fourth-order valence-corrected chi connectivity index (χ4v) is 4.35. The molecule has 1 aliphatic rings. The summed E-state index contributed by atoms with van der Waals surface area (Å²) in [6.45, 7) is 1.87. The maximum atomic E-state index is 12.5. The Balaban J connectivity index is 1.65. The fraction of sp³-hybridized carbons (Fsp3) is 0.208. The molecular formula is C24H20F3N3OS. The van der Waals surface area contributed by atoms with E-state index in [2.05, 4.69) is 10.3 Å². The number of hydrogen-bond donors (Lipinski definition) is 1. The summed E-state index contributed by atoms with van der Waals surface area (Å²) in [5.74, 6) is -0.424. The normalized spacial score (nSPS) is 12.9. The molecule has 0 spiro atoms. The van der Waals surface area contributed by atoms with E-state index in [1.807, 2.05) is 55.5 Å². The third-order valence-corrected chi connectivity index (χ3v) is 6.01. The van der Waals surface area contributed by atoms with Crippen LogP contribution in [0.5, 0.6) is 0 Å². The van der Waals surface area contributed by atoms with Gasteiger partial charge in [0.25, 0.3) is 5.91 Å². The number of pyridine rings is 1. The predicted molar refractivity (Wildman–Crippen MR) is 119 cm³/mol. The minimum absolute atomic E-state index is 0.0443. The van der Waals surface area contributed by atoms with Gasteiger partial charge in [0, 0.05) is 39.6 Å². The number of hydrogen-bond acceptors (Lipinski definition) is 4. The van der Waals surface area contributed by atoms with E-state index in [1.165, 1.54) is 0 Å². The van der Waals surface area contributed by atoms with E-state index < -0.39 is 18.5 Å². The van der Waals surface area contributed by atoms with Gasteiger partial charge >= 0.3 is 6.18 Å². The smallest absolute Gasteiger partial charge is 0.352 e. The summed E-state index contributed by atoms with van der Waals surface area (Å²) in [6, 6.07) is 18.8. The molecule has 2 heterocycles. The summed E-state index contributed by atoms with van der Waals surface area (Å²) < 4.78 is 36.9. The van der Waals surface area contributed by atoms with Gasteiger partial charge in [-0.25, -0.2) is 4.99 Å². The Labute approximate surface area is 188 Å². The average molecular weight is 456 g/mol. The minimum atomic E-state index is -4.23. The molecule has 0 bridgehead atoms. The number of carbonyl (C=O) groups excluding carboxylic acids is 1. The number of aryl methyl sites for hydroxylation is 1. The number of aromatic nitrogens is 1. The number of halogens is 3. The Kier molecular flexibility index (Phi) is 6.32. The molecule has 164 valence electrons. The van der Waals surface area contributed by atoms with Gasteiger partial charge in [-0.05, 0) is 49.7 Å². The van der Waals surface area contributed by atoms with Crippen molar-refractivity contribution in [2.45, 2.75) is 35.7 Å². The van der Waals surface area contributed by atoms with Gasteiger partial charge in [0.05, 0.1) is 17.1 Å². The van der Waals surface area contributed by atoms with Crippen LogP contribution in [0.1, 0.15) is 40.2 Å². The summed E-state index contributed by atoms with van der Waals surface area (Å²) in [5, 5.41) is 2.55. The molecule has 8 heteroatoms. The van der Waals surface area contributed by atoms with Gasteiger partial charge in [0.2, 0.25) is 0 Å². The number of benzene rings is 2. The molecule has 4 rings (SSSR count). The second-order valence-corrected chi connectivity index (χ2v) is 8.46. The first-order chi connectivity index (χ1) is 15.3. The van der Waals surface area contributed by atoms with E-state index in [1.54, 1.807) is 23.9 Å². The maximum Gasteiger partial charge on any atom is 0.389 e. The molecular weight excluding hydrogens is 435 g/mol. The van der Waals surface area contributed by atoms with Crippen LogP contribution in [0.3, 0.4) is 0 Å². The highest BCUT2D eigenvalue weighted by Gasteiger charge is 2.26. The van der Waals surface area contributed by atoms with Crippen LogP contribution in [-0.2, 0) is 0 Å². The molecule has 1 amide bonds. The third kappa shape index (κ3) is 5.19. The molecule has 32 heavy (non-hydrogen) atoms. The van der Waals surface area contributed by atoms with Crippen LogP contribution < -0.4 is 5.32 Å². The number of alkyl halides is 3. The Bertz CT molecular complexity index is 1190. The van der Waals surface area contributed by atoms with Crippen molar-refractivity contribution in [3.05, 3.63) is 83.2 Å². The first-order valence-electron chi connectivity index (χ1n) is 10.1. The second kappa shape index (κ2) is 9.16. The number of nitrogens with one attached hydrogen (secondary N) is 1. The van der Waals surface area contributed by atoms with Crippen molar-refractivity contribution in [1.29, 1.82) is 0 Å². The Morgan fingerprint density at radius 2 is 1.84 bits per heavy atom. The topological polar surface area (TPSA) is 54.4 Å². The first-order valence-corrected chi connectivity index (χ1v) is 10.9. The molecule has 0 unspecified atom stereocenters. The van der Waals surface area contributed by atoms with Gasteiger partial charge in [-0.1, -0.05) is 36.0 Å². The van der Waals surface area contributed by atoms with E-state index in [4.69, 9.17) is 4.99 Å². The van der Waals surface area contributed by atoms with Crippen LogP contribution in [0.25, 0.3) is 0 Å². The molecule has 2 aromatic carbocycles. The molecule has 0 radical (unpaired) electrons. The lowest BCUT2D eigenvalue weighted by atomic mass is 10.1. The van der Waals surface area contributed by atoms with Crippen LogP contribution in [-0.4, -0.2) is 29.3 Å². The molecule has 0 aliphatic carbocycles. The van der Waals surface area contributed by atoms with Crippen LogP contribution in [0.4, 0.5) is 18.9 Å². The molecule has 4 nitrogen and oxygen atoms in total. The Morgan fingerprint density at radius 3 is 2.62 bits per heavy atom. The number of rotatable bonds is 5. The SMILES string of the molecule is Cc1cccc(C2=Nc3cc(C(=O)NCCCC(F)(F)F)ccc3Sc3ccccc32)n1. The Morgan fingerprint density at radius 1 is 1.03 bits per heavy atom. The van der Waals surface area contributed by atoms with Gasteiger partial charge in [-0.15, -0.1) is 0 Å². The quantitative estimate of drug-likeness (QED) is 0.370. The summed E-state index contributed by atoms with van der Waals surface area (Å²) in [4.78, 5) is 23.9. The molecule has 1 aromatic heterocycles. The van der Waals surface area contributed by atoms with Crippen molar-refractivity contribution in [3.8, 4) is 0 Å². The number of carbonyl (C=O) groups is 1. The lowest BCUT2D eigenvalue weighted by Crippen LogP contribution is -2.25. The van der Waals surface area contributed by atoms with Crippen LogP contribution in [0.15, 0.2) is 75.4 Å². The van der Waals surface area contributed by atoms with Crippen molar-refractivity contribution in [3.63, 3.8) is 0 Å². The van der Waals surface area contributed by atoms with Crippen molar-refractivity contribution in [1.82, 2.24) is 10.3 Å². The van der Waals surface area contributed by atoms with Gasteiger partial charge in [0.15, 0.2) is 0 Å². The van der Waals surface area contributed by atoms with Gasteiger partial charge in [-0.3, -0.25) is 9.78 Å². The van der Waals surface area contributed by atoms with E-state index in [0.717, 1.165) is 26.7 Å². The van der Waals surface area contributed by atoms with Crippen molar-refractivity contribution in [2.75, 3.05) is 6.54 Å². The van der Waals surface area contributed by atoms with Crippen molar-refractivity contribution >= 4 is 29.1 Å². The lowest BCUT2D eigenvalue weighted by Gasteiger charge is -2.09. The second-order valence-electron chi connectivity index (χ2n) is 7.38. The molecule has 3 aromatic rings. The van der Waals surface area contributed by atoms with Crippen LogP contribution in [0, 0.1) is 6.92 Å². The van der Waals surface area contributed by atoms with E-state index >= 15 is 0 Å². The zero-order valence-electron chi connectivity index (χ0n) is 17.2. The van der Waals surface area contributed by atoms with Gasteiger partial charge in [0.1, 0.15) is 0 Å². The number of fused-ring (bicyclic) bond motifs is 2. The highest BCUT2D eigenvalue weighted by Crippen LogP contribution is 2.41. The van der Waals surface area contributed by atoms with E-state index in [0.29, 0.717) is 17.0 Å². The minimum Gasteiger partial charge on any atom is -0.352 e. The standard InChI is InChI=1S/C24H20F3N3OS/c1-15-6-4-8-18(29-15)22-17-7-2-3-9-20(17)32-21-11-10-16(14-19(21)30-22)23(31)28-13-5-12-24(25,26)27/h2-4,6-11,14H,5,12-13H2,1H3,(H,28,31). The number of nitrogens with zero attached hydrogens (tertiary/aromatic N) is 2. The fourth-order valence-electron chi connectivity index (χ4n) is 3.35. The van der Waals surface area contributed by atoms with Crippen molar-refractivity contribution < 1.29 is 18.0 Å². The monoisotopic (exact) mass is 455 g/mol. The van der Waals surface area contributed by atoms with Crippen LogP contribution >= 0.6 is 11.8 Å².